The fourth-order valence-electron chi connectivity index (χ4n) is 2.37. The molecule has 1 unspecified atom stereocenters. The Morgan fingerprint density at radius 1 is 1.21 bits per heavy atom. The molecule has 0 aromatic carbocycles. The summed E-state index contributed by atoms with van der Waals surface area (Å²) in [4.78, 5) is 8.01. The summed E-state index contributed by atoms with van der Waals surface area (Å²) in [5.74, 6) is 2.62. The van der Waals surface area contributed by atoms with E-state index < -0.39 is 0 Å². The van der Waals surface area contributed by atoms with Crippen LogP contribution in [0.15, 0.2) is 6.20 Å². The molecule has 3 nitrogen and oxygen atoms in total. The van der Waals surface area contributed by atoms with Crippen LogP contribution in [0, 0.1) is 0 Å². The Bertz CT molecular complexity index is 308. The third-order valence-corrected chi connectivity index (χ3v) is 3.61. The second-order valence-corrected chi connectivity index (χ2v) is 4.54. The molecular formula is C11H17N3. The predicted molar refractivity (Wildman–Crippen MR) is 55.4 cm³/mol. The van der Waals surface area contributed by atoms with Crippen molar-refractivity contribution in [1.29, 1.82) is 0 Å². The standard InChI is InChI=1S/C11H17N3/c1-2-8(3-1)10-7-13-11(14-10)9-4-5-12-6-9/h7-9,12H,1-6H2,(H,13,14). The monoisotopic (exact) mass is 191 g/mol. The Labute approximate surface area is 84.3 Å². The minimum atomic E-state index is 0.629. The number of hydrogen-bond donors (Lipinski definition) is 2. The molecule has 3 rings (SSSR count). The number of nitrogens with zero attached hydrogens (tertiary/aromatic N) is 1. The lowest BCUT2D eigenvalue weighted by molar-refractivity contribution is 0.411. The fraction of sp³-hybridized carbons (Fsp3) is 0.727. The molecule has 2 aliphatic rings. The number of hydrogen-bond acceptors (Lipinski definition) is 2. The van der Waals surface area contributed by atoms with Crippen LogP contribution in [-0.4, -0.2) is 23.1 Å². The Kier molecular flexibility index (Phi) is 2.05. The van der Waals surface area contributed by atoms with Crippen LogP contribution in [-0.2, 0) is 0 Å². The fourth-order valence-corrected chi connectivity index (χ4v) is 2.37. The van der Waals surface area contributed by atoms with Crippen LogP contribution in [0.3, 0.4) is 0 Å². The summed E-state index contributed by atoms with van der Waals surface area (Å²) in [5, 5.41) is 3.38. The van der Waals surface area contributed by atoms with Crippen molar-refractivity contribution in [2.24, 2.45) is 0 Å². The van der Waals surface area contributed by atoms with Gasteiger partial charge in [0.2, 0.25) is 0 Å². The molecular weight excluding hydrogens is 174 g/mol. The van der Waals surface area contributed by atoms with Gasteiger partial charge in [0.1, 0.15) is 5.82 Å². The number of H-pyrrole nitrogens is 1. The van der Waals surface area contributed by atoms with Crippen molar-refractivity contribution in [2.45, 2.75) is 37.5 Å². The smallest absolute Gasteiger partial charge is 0.110 e. The van der Waals surface area contributed by atoms with Crippen molar-refractivity contribution >= 4 is 0 Å². The molecule has 2 fully saturated rings. The number of aromatic nitrogens is 2. The predicted octanol–water partition coefficient (Wildman–Crippen LogP) is 1.75. The Balaban J connectivity index is 1.75. The third kappa shape index (κ3) is 1.36. The van der Waals surface area contributed by atoms with E-state index in [0.29, 0.717) is 5.92 Å². The largest absolute Gasteiger partial charge is 0.345 e. The zero-order chi connectivity index (χ0) is 9.38. The molecule has 1 aromatic rings. The normalized spacial score (nSPS) is 27.9. The molecule has 0 bridgehead atoms. The highest BCUT2D eigenvalue weighted by Crippen LogP contribution is 2.35. The maximum absolute atomic E-state index is 4.51. The first-order valence-corrected chi connectivity index (χ1v) is 5.69. The Morgan fingerprint density at radius 3 is 2.79 bits per heavy atom. The van der Waals surface area contributed by atoms with Crippen LogP contribution in [0.2, 0.25) is 0 Å². The molecule has 1 aliphatic heterocycles. The maximum Gasteiger partial charge on any atom is 0.110 e. The number of imidazole rings is 1. The van der Waals surface area contributed by atoms with Gasteiger partial charge in [-0.15, -0.1) is 0 Å². The lowest BCUT2D eigenvalue weighted by atomic mass is 9.83. The van der Waals surface area contributed by atoms with Crippen LogP contribution in [0.1, 0.15) is 49.0 Å². The first kappa shape index (κ1) is 8.48. The molecule has 3 heteroatoms. The Morgan fingerprint density at radius 2 is 2.14 bits per heavy atom. The lowest BCUT2D eigenvalue weighted by Gasteiger charge is -2.23. The first-order valence-electron chi connectivity index (χ1n) is 5.69. The highest BCUT2D eigenvalue weighted by atomic mass is 15.0. The van der Waals surface area contributed by atoms with Gasteiger partial charge in [0.25, 0.3) is 0 Å². The molecule has 1 aromatic heterocycles. The summed E-state index contributed by atoms with van der Waals surface area (Å²) in [7, 11) is 0. The minimum Gasteiger partial charge on any atom is -0.345 e. The maximum atomic E-state index is 4.51. The third-order valence-electron chi connectivity index (χ3n) is 3.61. The van der Waals surface area contributed by atoms with E-state index in [1.807, 2.05) is 0 Å². The van der Waals surface area contributed by atoms with Crippen molar-refractivity contribution in [3.05, 3.63) is 17.7 Å². The molecule has 0 amide bonds. The second-order valence-electron chi connectivity index (χ2n) is 4.54. The second kappa shape index (κ2) is 3.39. The SMILES string of the molecule is c1nc(C2CCNC2)[nH]c1C1CCC1. The van der Waals surface area contributed by atoms with Gasteiger partial charge in [0.05, 0.1) is 0 Å². The number of rotatable bonds is 2. The van der Waals surface area contributed by atoms with Crippen molar-refractivity contribution in [3.63, 3.8) is 0 Å². The molecule has 2 N–H and O–H groups in total. The van der Waals surface area contributed by atoms with Gasteiger partial charge in [-0.25, -0.2) is 4.98 Å². The van der Waals surface area contributed by atoms with Gasteiger partial charge in [-0.05, 0) is 25.8 Å². The molecule has 1 aliphatic carbocycles. The van der Waals surface area contributed by atoms with E-state index >= 15 is 0 Å². The van der Waals surface area contributed by atoms with Gasteiger partial charge in [-0.1, -0.05) is 6.42 Å². The van der Waals surface area contributed by atoms with E-state index in [-0.39, 0.29) is 0 Å². The van der Waals surface area contributed by atoms with Crippen molar-refractivity contribution in [1.82, 2.24) is 15.3 Å². The first-order chi connectivity index (χ1) is 6.93. The van der Waals surface area contributed by atoms with E-state index in [1.54, 1.807) is 0 Å². The van der Waals surface area contributed by atoms with Crippen LogP contribution in [0.5, 0.6) is 0 Å². The molecule has 76 valence electrons. The number of aromatic amines is 1. The molecule has 2 heterocycles. The molecule has 0 spiro atoms. The lowest BCUT2D eigenvalue weighted by Crippen LogP contribution is -2.10. The minimum absolute atomic E-state index is 0.629. The van der Waals surface area contributed by atoms with Crippen LogP contribution in [0.4, 0.5) is 0 Å². The summed E-state index contributed by atoms with van der Waals surface area (Å²) >= 11 is 0. The van der Waals surface area contributed by atoms with Gasteiger partial charge < -0.3 is 10.3 Å². The van der Waals surface area contributed by atoms with E-state index in [0.717, 1.165) is 19.0 Å². The molecule has 1 saturated heterocycles. The van der Waals surface area contributed by atoms with Gasteiger partial charge in [-0.2, -0.15) is 0 Å². The van der Waals surface area contributed by atoms with Gasteiger partial charge in [0, 0.05) is 30.3 Å². The number of nitrogens with one attached hydrogen (secondary N) is 2. The molecule has 1 atom stereocenters. The summed E-state index contributed by atoms with van der Waals surface area (Å²) < 4.78 is 0. The van der Waals surface area contributed by atoms with Gasteiger partial charge in [0.15, 0.2) is 0 Å². The molecule has 0 radical (unpaired) electrons. The van der Waals surface area contributed by atoms with E-state index in [4.69, 9.17) is 0 Å². The topological polar surface area (TPSA) is 40.7 Å². The molecule has 14 heavy (non-hydrogen) atoms. The zero-order valence-corrected chi connectivity index (χ0v) is 8.42. The Hall–Kier alpha value is -0.830. The summed E-state index contributed by atoms with van der Waals surface area (Å²) in [5.41, 5.74) is 1.37. The summed E-state index contributed by atoms with van der Waals surface area (Å²) in [6, 6.07) is 0. The van der Waals surface area contributed by atoms with Crippen molar-refractivity contribution < 1.29 is 0 Å². The van der Waals surface area contributed by atoms with E-state index in [9.17, 15) is 0 Å². The summed E-state index contributed by atoms with van der Waals surface area (Å²) in [6.07, 6.45) is 7.38. The van der Waals surface area contributed by atoms with Crippen LogP contribution >= 0.6 is 0 Å². The summed E-state index contributed by atoms with van der Waals surface area (Å²) in [6.45, 7) is 2.24. The molecule has 1 saturated carbocycles. The van der Waals surface area contributed by atoms with E-state index in [2.05, 4.69) is 21.5 Å². The van der Waals surface area contributed by atoms with Gasteiger partial charge in [-0.3, -0.25) is 0 Å². The van der Waals surface area contributed by atoms with Crippen LogP contribution < -0.4 is 5.32 Å². The van der Waals surface area contributed by atoms with Crippen molar-refractivity contribution in [3.8, 4) is 0 Å². The zero-order valence-electron chi connectivity index (χ0n) is 8.42. The highest BCUT2D eigenvalue weighted by molar-refractivity contribution is 5.13. The van der Waals surface area contributed by atoms with E-state index in [1.165, 1.54) is 37.2 Å². The average Bonchev–Trinajstić information content (AvgIpc) is 2.65. The quantitative estimate of drug-likeness (QED) is 0.747. The van der Waals surface area contributed by atoms with Gasteiger partial charge >= 0.3 is 0 Å². The van der Waals surface area contributed by atoms with Crippen molar-refractivity contribution in [2.75, 3.05) is 13.1 Å². The highest BCUT2D eigenvalue weighted by Gasteiger charge is 2.24. The van der Waals surface area contributed by atoms with Crippen LogP contribution in [0.25, 0.3) is 0 Å². The average molecular weight is 191 g/mol.